The van der Waals surface area contributed by atoms with Crippen molar-refractivity contribution < 1.29 is 22.3 Å². The Kier molecular flexibility index (Phi) is 6.30. The van der Waals surface area contributed by atoms with Gasteiger partial charge in [0.1, 0.15) is 10.7 Å². The molecule has 1 atom stereocenters. The molecule has 10 heteroatoms. The zero-order valence-electron chi connectivity index (χ0n) is 17.6. The van der Waals surface area contributed by atoms with Gasteiger partial charge in [-0.3, -0.25) is 4.68 Å². The lowest BCUT2D eigenvalue weighted by atomic mass is 10.2. The van der Waals surface area contributed by atoms with E-state index in [9.17, 15) is 17.6 Å². The molecule has 0 amide bonds. The second kappa shape index (κ2) is 9.16. The van der Waals surface area contributed by atoms with Crippen molar-refractivity contribution in [2.24, 2.45) is 0 Å². The number of thiophene rings is 1. The van der Waals surface area contributed by atoms with E-state index < -0.39 is 21.2 Å². The molecule has 4 aromatic rings. The number of methoxy groups -OCH3 is 1. The van der Waals surface area contributed by atoms with Crippen molar-refractivity contribution in [3.63, 3.8) is 0 Å². The second-order valence-corrected chi connectivity index (χ2v) is 10.1. The highest BCUT2D eigenvalue weighted by molar-refractivity contribution is 7.92. The molecule has 1 unspecified atom stereocenters. The molecule has 2 heterocycles. The summed E-state index contributed by atoms with van der Waals surface area (Å²) in [6, 6.07) is 12.9. The van der Waals surface area contributed by atoms with Gasteiger partial charge in [0.05, 0.1) is 30.3 Å². The van der Waals surface area contributed by atoms with E-state index in [2.05, 4.69) is 17.0 Å². The van der Waals surface area contributed by atoms with Gasteiger partial charge < -0.3 is 10.1 Å². The monoisotopic (exact) mass is 485 g/mol. The molecule has 0 aliphatic carbocycles. The number of carbonyl (C=O) groups is 1. The summed E-state index contributed by atoms with van der Waals surface area (Å²) in [5, 5.41) is 8.52. The van der Waals surface area contributed by atoms with Crippen LogP contribution < -0.4 is 5.32 Å². The molecule has 7 nitrogen and oxygen atoms in total. The first-order chi connectivity index (χ1) is 15.8. The van der Waals surface area contributed by atoms with Gasteiger partial charge in [-0.15, -0.1) is 11.3 Å². The maximum atomic E-state index is 13.2. The smallest absolute Gasteiger partial charge is 0.349 e. The Bertz CT molecular complexity index is 1430. The van der Waals surface area contributed by atoms with Crippen LogP contribution in [0.3, 0.4) is 0 Å². The fourth-order valence-corrected chi connectivity index (χ4v) is 6.09. The lowest BCUT2D eigenvalue weighted by Crippen LogP contribution is -2.28. The Balaban J connectivity index is 1.59. The van der Waals surface area contributed by atoms with Crippen molar-refractivity contribution >= 4 is 43.7 Å². The Hall–Kier alpha value is -3.50. The summed E-state index contributed by atoms with van der Waals surface area (Å²) in [7, 11) is -2.75. The Labute approximate surface area is 194 Å². The first kappa shape index (κ1) is 22.7. The van der Waals surface area contributed by atoms with Crippen molar-refractivity contribution in [3.8, 4) is 0 Å². The molecule has 0 aliphatic heterocycles. The maximum absolute atomic E-state index is 13.2. The molecule has 0 saturated heterocycles. The molecule has 2 aromatic heterocycles. The van der Waals surface area contributed by atoms with Gasteiger partial charge >= 0.3 is 5.97 Å². The van der Waals surface area contributed by atoms with Crippen molar-refractivity contribution in [1.29, 1.82) is 0 Å². The van der Waals surface area contributed by atoms with E-state index >= 15 is 0 Å². The minimum Gasteiger partial charge on any atom is -0.465 e. The van der Waals surface area contributed by atoms with Crippen molar-refractivity contribution in [1.82, 2.24) is 9.78 Å². The predicted octanol–water partition coefficient (Wildman–Crippen LogP) is 4.47. The maximum Gasteiger partial charge on any atom is 0.349 e. The summed E-state index contributed by atoms with van der Waals surface area (Å²) in [6.45, 7) is 4.12. The van der Waals surface area contributed by atoms with E-state index in [1.54, 1.807) is 35.1 Å². The van der Waals surface area contributed by atoms with Crippen LogP contribution in [0.4, 0.5) is 10.1 Å². The summed E-state index contributed by atoms with van der Waals surface area (Å²) in [5.41, 5.74) is 2.29. The number of rotatable bonds is 8. The SMILES string of the molecule is C=CC(Nc1ccc2c(cnn2Cc2ccc(F)cc2)c1)S(=O)(=O)c1ccsc1C(=O)OC. The number of hydrogen-bond donors (Lipinski definition) is 1. The molecule has 0 saturated carbocycles. The fourth-order valence-electron chi connectivity index (χ4n) is 3.39. The number of ether oxygens (including phenoxy) is 1. The highest BCUT2D eigenvalue weighted by atomic mass is 32.2. The van der Waals surface area contributed by atoms with Crippen molar-refractivity contribution in [2.75, 3.05) is 12.4 Å². The normalized spacial score (nSPS) is 12.4. The first-order valence-corrected chi connectivity index (χ1v) is 12.2. The standard InChI is InChI=1S/C23H20FN3O4S2/c1-3-21(33(29,30)20-10-11-32-22(20)23(28)31-2)26-18-8-9-19-16(12-18)13-25-27(19)14-15-4-6-17(24)7-5-15/h3-13,21,26H,1,14H2,2H3. The second-order valence-electron chi connectivity index (χ2n) is 7.15. The molecule has 0 aliphatic rings. The van der Waals surface area contributed by atoms with Gasteiger partial charge in [0.25, 0.3) is 0 Å². The third kappa shape index (κ3) is 4.53. The number of sulfone groups is 1. The van der Waals surface area contributed by atoms with Gasteiger partial charge in [0.2, 0.25) is 9.84 Å². The highest BCUT2D eigenvalue weighted by Crippen LogP contribution is 2.28. The van der Waals surface area contributed by atoms with E-state index in [0.717, 1.165) is 27.8 Å². The summed E-state index contributed by atoms with van der Waals surface area (Å²) < 4.78 is 46.0. The van der Waals surface area contributed by atoms with Gasteiger partial charge in [0.15, 0.2) is 5.37 Å². The molecule has 2 aromatic carbocycles. The number of benzene rings is 2. The van der Waals surface area contributed by atoms with Crippen LogP contribution in [0.25, 0.3) is 10.9 Å². The molecule has 33 heavy (non-hydrogen) atoms. The molecule has 4 rings (SSSR count). The van der Waals surface area contributed by atoms with Gasteiger partial charge in [-0.2, -0.15) is 5.10 Å². The number of aromatic nitrogens is 2. The number of hydrogen-bond acceptors (Lipinski definition) is 7. The molecule has 0 spiro atoms. The average molecular weight is 486 g/mol. The molecule has 0 bridgehead atoms. The van der Waals surface area contributed by atoms with Crippen molar-refractivity contribution in [2.45, 2.75) is 16.8 Å². The number of anilines is 1. The quantitative estimate of drug-likeness (QED) is 0.293. The van der Waals surface area contributed by atoms with Crippen LogP contribution >= 0.6 is 11.3 Å². The van der Waals surface area contributed by atoms with Crippen LogP contribution in [-0.2, 0) is 21.1 Å². The van der Waals surface area contributed by atoms with Crippen LogP contribution in [0.2, 0.25) is 0 Å². The topological polar surface area (TPSA) is 90.3 Å². The lowest BCUT2D eigenvalue weighted by molar-refractivity contribution is 0.0602. The van der Waals surface area contributed by atoms with E-state index in [0.29, 0.717) is 12.2 Å². The molecule has 0 fully saturated rings. The van der Waals surface area contributed by atoms with Gasteiger partial charge in [-0.1, -0.05) is 24.8 Å². The zero-order chi connectivity index (χ0) is 23.6. The average Bonchev–Trinajstić information content (AvgIpc) is 3.46. The zero-order valence-corrected chi connectivity index (χ0v) is 19.2. The number of halogens is 1. The molecular weight excluding hydrogens is 465 g/mol. The molecule has 170 valence electrons. The largest absolute Gasteiger partial charge is 0.465 e. The minimum absolute atomic E-state index is 0.0173. The van der Waals surface area contributed by atoms with Gasteiger partial charge in [-0.05, 0) is 47.3 Å². The Morgan fingerprint density at radius 1 is 1.27 bits per heavy atom. The molecule has 1 N–H and O–H groups in total. The Morgan fingerprint density at radius 2 is 2.03 bits per heavy atom. The molecular formula is C23H20FN3O4S2. The predicted molar refractivity (Wildman–Crippen MR) is 126 cm³/mol. The highest BCUT2D eigenvalue weighted by Gasteiger charge is 2.31. The summed E-state index contributed by atoms with van der Waals surface area (Å²) >= 11 is 1.00. The van der Waals surface area contributed by atoms with Crippen molar-refractivity contribution in [3.05, 3.63) is 89.0 Å². The minimum atomic E-state index is -3.96. The summed E-state index contributed by atoms with van der Waals surface area (Å²) in [5.74, 6) is -1.01. The number of nitrogens with one attached hydrogen (secondary N) is 1. The summed E-state index contributed by atoms with van der Waals surface area (Å²) in [4.78, 5) is 11.9. The van der Waals surface area contributed by atoms with Crippen LogP contribution in [0.5, 0.6) is 0 Å². The van der Waals surface area contributed by atoms with Gasteiger partial charge in [-0.25, -0.2) is 17.6 Å². The Morgan fingerprint density at radius 3 is 2.73 bits per heavy atom. The van der Waals surface area contributed by atoms with E-state index in [-0.39, 0.29) is 15.6 Å². The van der Waals surface area contributed by atoms with E-state index in [1.807, 2.05) is 6.07 Å². The number of fused-ring (bicyclic) bond motifs is 1. The lowest BCUT2D eigenvalue weighted by Gasteiger charge is -2.17. The van der Waals surface area contributed by atoms with Crippen LogP contribution in [-0.4, -0.2) is 36.7 Å². The van der Waals surface area contributed by atoms with Crippen LogP contribution in [0.1, 0.15) is 15.2 Å². The number of esters is 1. The third-order valence-corrected chi connectivity index (χ3v) is 8.01. The third-order valence-electron chi connectivity index (χ3n) is 5.05. The summed E-state index contributed by atoms with van der Waals surface area (Å²) in [6.07, 6.45) is 2.95. The fraction of sp³-hybridized carbons (Fsp3) is 0.130. The first-order valence-electron chi connectivity index (χ1n) is 9.82. The van der Waals surface area contributed by atoms with Gasteiger partial charge in [0, 0.05) is 11.1 Å². The molecule has 0 radical (unpaired) electrons. The van der Waals surface area contributed by atoms with Crippen LogP contribution in [0.15, 0.2) is 77.7 Å². The number of nitrogens with zero attached hydrogens (tertiary/aromatic N) is 2. The van der Waals surface area contributed by atoms with E-state index in [1.165, 1.54) is 36.8 Å². The number of carbonyl (C=O) groups excluding carboxylic acids is 1. The van der Waals surface area contributed by atoms with E-state index in [4.69, 9.17) is 4.74 Å². The van der Waals surface area contributed by atoms with Crippen LogP contribution in [0, 0.1) is 5.82 Å².